The fourth-order valence-corrected chi connectivity index (χ4v) is 7.16. The molecular formula is C18H18O2. The van der Waals surface area contributed by atoms with Crippen molar-refractivity contribution in [2.45, 2.75) is 12.8 Å². The molecule has 0 aromatic carbocycles. The van der Waals surface area contributed by atoms with Gasteiger partial charge in [0.05, 0.1) is 0 Å². The van der Waals surface area contributed by atoms with Gasteiger partial charge in [-0.3, -0.25) is 9.59 Å². The number of ketones is 2. The van der Waals surface area contributed by atoms with Crippen molar-refractivity contribution in [3.8, 4) is 0 Å². The van der Waals surface area contributed by atoms with Crippen molar-refractivity contribution >= 4 is 11.6 Å². The van der Waals surface area contributed by atoms with E-state index in [1.807, 2.05) is 0 Å². The van der Waals surface area contributed by atoms with Crippen molar-refractivity contribution in [2.24, 2.45) is 59.2 Å². The molecule has 10 atom stereocenters. The number of carbonyl (C=O) groups excluding carboxylic acids is 2. The Labute approximate surface area is 118 Å². The van der Waals surface area contributed by atoms with Crippen molar-refractivity contribution in [3.63, 3.8) is 0 Å². The molecule has 0 amide bonds. The van der Waals surface area contributed by atoms with Gasteiger partial charge in [-0.25, -0.2) is 0 Å². The molecule has 102 valence electrons. The highest BCUT2D eigenvalue weighted by Gasteiger charge is 2.71. The number of allylic oxidation sites excluding steroid dienone is 4. The van der Waals surface area contributed by atoms with Crippen LogP contribution in [0.1, 0.15) is 12.8 Å². The van der Waals surface area contributed by atoms with Gasteiger partial charge in [0.1, 0.15) is 11.6 Å². The van der Waals surface area contributed by atoms with Crippen molar-refractivity contribution in [2.75, 3.05) is 0 Å². The fourth-order valence-electron chi connectivity index (χ4n) is 7.16. The van der Waals surface area contributed by atoms with E-state index in [0.717, 1.165) is 12.8 Å². The Morgan fingerprint density at radius 2 is 1.00 bits per heavy atom. The van der Waals surface area contributed by atoms with Gasteiger partial charge in [-0.2, -0.15) is 0 Å². The van der Waals surface area contributed by atoms with Gasteiger partial charge in [-0.15, -0.1) is 0 Å². The molecule has 0 N–H and O–H groups in total. The molecule has 0 aromatic heterocycles. The van der Waals surface area contributed by atoms with Crippen LogP contribution in [0, 0.1) is 59.2 Å². The third-order valence-electron chi connectivity index (χ3n) is 7.57. The SMILES string of the molecule is O=C1[C@@H]2[C@@H](C(=O)[C@H]3[C@H]2[C@H]2C=C[C@H]3C2)[C@@H]2[C@H]1[C@H]1C=C[C@H]2C1. The highest BCUT2D eigenvalue weighted by molar-refractivity contribution is 6.01. The summed E-state index contributed by atoms with van der Waals surface area (Å²) >= 11 is 0. The lowest BCUT2D eigenvalue weighted by Gasteiger charge is -2.25. The van der Waals surface area contributed by atoms with Crippen LogP contribution >= 0.6 is 0 Å². The Bertz CT molecular complexity index is 561. The summed E-state index contributed by atoms with van der Waals surface area (Å²) in [7, 11) is 0. The van der Waals surface area contributed by atoms with Crippen LogP contribution in [0.5, 0.6) is 0 Å². The zero-order valence-corrected chi connectivity index (χ0v) is 11.3. The second kappa shape index (κ2) is 3.03. The van der Waals surface area contributed by atoms with Gasteiger partial charge in [-0.05, 0) is 48.3 Å². The number of Topliss-reactive ketones (excluding diaryl/α,β-unsaturated/α-hetero) is 2. The molecule has 0 aliphatic heterocycles. The molecule has 0 spiro atoms. The van der Waals surface area contributed by atoms with E-state index in [0.29, 0.717) is 47.1 Å². The normalized spacial score (nSPS) is 63.4. The van der Waals surface area contributed by atoms with Crippen LogP contribution in [-0.2, 0) is 9.59 Å². The van der Waals surface area contributed by atoms with Gasteiger partial charge in [0, 0.05) is 23.7 Å². The van der Waals surface area contributed by atoms with Crippen molar-refractivity contribution in [1.82, 2.24) is 0 Å². The minimum absolute atomic E-state index is 0.0904. The molecule has 2 nitrogen and oxygen atoms in total. The molecule has 0 heterocycles. The molecule has 20 heavy (non-hydrogen) atoms. The van der Waals surface area contributed by atoms with Gasteiger partial charge in [-0.1, -0.05) is 24.3 Å². The fraction of sp³-hybridized carbons (Fsp3) is 0.667. The Balaban J connectivity index is 1.51. The molecule has 0 radical (unpaired) electrons. The van der Waals surface area contributed by atoms with Gasteiger partial charge >= 0.3 is 0 Å². The number of fused-ring (bicyclic) bond motifs is 13. The van der Waals surface area contributed by atoms with Gasteiger partial charge in [0.25, 0.3) is 0 Å². The molecule has 6 aliphatic rings. The van der Waals surface area contributed by atoms with Gasteiger partial charge < -0.3 is 0 Å². The van der Waals surface area contributed by atoms with Crippen LogP contribution in [0.3, 0.4) is 0 Å². The largest absolute Gasteiger partial charge is 0.299 e. The highest BCUT2D eigenvalue weighted by Crippen LogP contribution is 2.68. The van der Waals surface area contributed by atoms with Crippen molar-refractivity contribution < 1.29 is 9.59 Å². The van der Waals surface area contributed by atoms with E-state index in [9.17, 15) is 9.59 Å². The molecular weight excluding hydrogens is 248 g/mol. The first-order valence-electron chi connectivity index (χ1n) is 8.20. The van der Waals surface area contributed by atoms with Crippen LogP contribution in [0.2, 0.25) is 0 Å². The van der Waals surface area contributed by atoms with Crippen molar-refractivity contribution in [1.29, 1.82) is 0 Å². The van der Waals surface area contributed by atoms with E-state index in [-0.39, 0.29) is 23.7 Å². The topological polar surface area (TPSA) is 34.1 Å². The lowest BCUT2D eigenvalue weighted by Crippen LogP contribution is -2.30. The third kappa shape index (κ3) is 0.889. The first kappa shape index (κ1) is 10.5. The molecule has 0 unspecified atom stereocenters. The number of hydrogen-bond acceptors (Lipinski definition) is 2. The van der Waals surface area contributed by atoms with E-state index in [1.54, 1.807) is 0 Å². The average Bonchev–Trinajstić information content (AvgIpc) is 3.21. The maximum Gasteiger partial charge on any atom is 0.141 e. The first-order valence-corrected chi connectivity index (χ1v) is 8.20. The summed E-state index contributed by atoms with van der Waals surface area (Å²) in [5.41, 5.74) is 0. The third-order valence-corrected chi connectivity index (χ3v) is 7.57. The van der Waals surface area contributed by atoms with Crippen LogP contribution in [-0.4, -0.2) is 11.6 Å². The van der Waals surface area contributed by atoms with Gasteiger partial charge in [0.2, 0.25) is 0 Å². The van der Waals surface area contributed by atoms with Crippen LogP contribution < -0.4 is 0 Å². The molecule has 4 bridgehead atoms. The van der Waals surface area contributed by atoms with E-state index in [4.69, 9.17) is 0 Å². The standard InChI is InChI=1S/C18H18O2/c19-17-13-9-3-1-7(5-9)11(13)15-16(17)12-8-2-4-10(6-8)14(12)18(15)20/h1-4,7-16H,5-6H2/t7-,8-,9-,10-,11-,12+,13+,14+,15-,16-/m0/s1. The maximum atomic E-state index is 13.0. The lowest BCUT2D eigenvalue weighted by molar-refractivity contribution is -0.127. The van der Waals surface area contributed by atoms with Crippen LogP contribution in [0.15, 0.2) is 24.3 Å². The zero-order chi connectivity index (χ0) is 13.2. The second-order valence-corrected chi connectivity index (χ2v) is 7.96. The minimum Gasteiger partial charge on any atom is -0.299 e. The molecule has 6 aliphatic carbocycles. The van der Waals surface area contributed by atoms with E-state index >= 15 is 0 Å². The highest BCUT2D eigenvalue weighted by atomic mass is 16.1. The number of carbonyl (C=O) groups is 2. The molecule has 0 saturated heterocycles. The summed E-state index contributed by atoms with van der Waals surface area (Å²) in [4.78, 5) is 26.0. The second-order valence-electron chi connectivity index (χ2n) is 7.96. The average molecular weight is 266 g/mol. The predicted octanol–water partition coefficient (Wildman–Crippen LogP) is 2.26. The molecule has 4 saturated carbocycles. The maximum absolute atomic E-state index is 13.0. The molecule has 0 aromatic rings. The number of rotatable bonds is 0. The van der Waals surface area contributed by atoms with Crippen LogP contribution in [0.25, 0.3) is 0 Å². The Kier molecular flexibility index (Phi) is 1.59. The predicted molar refractivity (Wildman–Crippen MR) is 72.4 cm³/mol. The number of hydrogen-bond donors (Lipinski definition) is 0. The molecule has 2 heteroatoms. The summed E-state index contributed by atoms with van der Waals surface area (Å²) in [5.74, 6) is 4.25. The van der Waals surface area contributed by atoms with Crippen molar-refractivity contribution in [3.05, 3.63) is 24.3 Å². The minimum atomic E-state index is 0.0904. The van der Waals surface area contributed by atoms with E-state index in [1.165, 1.54) is 0 Å². The Morgan fingerprint density at radius 1 is 0.600 bits per heavy atom. The quantitative estimate of drug-likeness (QED) is 0.630. The first-order chi connectivity index (χ1) is 9.75. The monoisotopic (exact) mass is 266 g/mol. The van der Waals surface area contributed by atoms with Gasteiger partial charge in [0.15, 0.2) is 0 Å². The summed E-state index contributed by atoms with van der Waals surface area (Å²) in [6, 6.07) is 0. The Morgan fingerprint density at radius 3 is 1.45 bits per heavy atom. The summed E-state index contributed by atoms with van der Waals surface area (Å²) in [6.07, 6.45) is 11.4. The molecule has 6 rings (SSSR count). The summed E-state index contributed by atoms with van der Waals surface area (Å²) < 4.78 is 0. The summed E-state index contributed by atoms with van der Waals surface area (Å²) in [6.45, 7) is 0. The summed E-state index contributed by atoms with van der Waals surface area (Å²) in [5, 5.41) is 0. The molecule has 4 fully saturated rings. The lowest BCUT2D eigenvalue weighted by atomic mass is 9.77. The van der Waals surface area contributed by atoms with E-state index in [2.05, 4.69) is 24.3 Å². The smallest absolute Gasteiger partial charge is 0.141 e. The van der Waals surface area contributed by atoms with E-state index < -0.39 is 0 Å². The zero-order valence-electron chi connectivity index (χ0n) is 11.3. The Hall–Kier alpha value is -1.18. The van der Waals surface area contributed by atoms with Crippen LogP contribution in [0.4, 0.5) is 0 Å².